The number of likely N-dealkylation sites (tertiary alicyclic amines) is 1. The molecule has 1 unspecified atom stereocenters. The summed E-state index contributed by atoms with van der Waals surface area (Å²) in [5, 5.41) is 4.15. The summed E-state index contributed by atoms with van der Waals surface area (Å²) in [6.45, 7) is 3.63. The summed E-state index contributed by atoms with van der Waals surface area (Å²) in [4.78, 5) is 21.0. The van der Waals surface area contributed by atoms with Crippen LogP contribution in [0, 0.1) is 0 Å². The van der Waals surface area contributed by atoms with Crippen molar-refractivity contribution in [3.63, 3.8) is 0 Å². The van der Waals surface area contributed by atoms with E-state index < -0.39 is 0 Å². The first-order valence-corrected chi connectivity index (χ1v) is 10.1. The van der Waals surface area contributed by atoms with Gasteiger partial charge in [0.05, 0.1) is 6.61 Å². The third-order valence-electron chi connectivity index (χ3n) is 5.29. The van der Waals surface area contributed by atoms with E-state index in [0.29, 0.717) is 37.8 Å². The molecular formula is C23H26N4O3. The van der Waals surface area contributed by atoms with Crippen LogP contribution in [0.15, 0.2) is 53.1 Å². The molecule has 1 amide bonds. The Morgan fingerprint density at radius 2 is 1.93 bits per heavy atom. The van der Waals surface area contributed by atoms with Gasteiger partial charge in [-0.1, -0.05) is 23.4 Å². The van der Waals surface area contributed by atoms with Crippen molar-refractivity contribution in [3.05, 3.63) is 59.9 Å². The molecule has 0 radical (unpaired) electrons. The lowest BCUT2D eigenvalue weighted by Gasteiger charge is -2.18. The molecule has 2 aromatic carbocycles. The van der Waals surface area contributed by atoms with Crippen LogP contribution < -0.4 is 9.64 Å². The van der Waals surface area contributed by atoms with Crippen LogP contribution in [0.1, 0.15) is 30.7 Å². The van der Waals surface area contributed by atoms with Crippen molar-refractivity contribution in [2.45, 2.75) is 25.8 Å². The minimum absolute atomic E-state index is 0.0738. The number of carbonyl (C=O) groups is 1. The number of amides is 1. The van der Waals surface area contributed by atoms with E-state index in [-0.39, 0.29) is 11.8 Å². The zero-order chi connectivity index (χ0) is 21.1. The van der Waals surface area contributed by atoms with Gasteiger partial charge in [0, 0.05) is 56.3 Å². The van der Waals surface area contributed by atoms with Gasteiger partial charge in [0.25, 0.3) is 5.89 Å². The number of para-hydroxylation sites is 1. The van der Waals surface area contributed by atoms with Gasteiger partial charge in [-0.2, -0.15) is 4.98 Å². The molecule has 1 aliphatic heterocycles. The van der Waals surface area contributed by atoms with Gasteiger partial charge >= 0.3 is 0 Å². The molecule has 1 saturated heterocycles. The molecule has 7 heteroatoms. The van der Waals surface area contributed by atoms with Crippen LogP contribution in [0.2, 0.25) is 0 Å². The lowest BCUT2D eigenvalue weighted by Crippen LogP contribution is -2.24. The third-order valence-corrected chi connectivity index (χ3v) is 5.29. The van der Waals surface area contributed by atoms with E-state index in [1.54, 1.807) is 0 Å². The number of aromatic nitrogens is 2. The summed E-state index contributed by atoms with van der Waals surface area (Å²) < 4.78 is 11.2. The molecule has 0 bridgehead atoms. The number of hydrogen-bond donors (Lipinski definition) is 0. The smallest absolute Gasteiger partial charge is 0.257 e. The lowest BCUT2D eigenvalue weighted by molar-refractivity contribution is -0.128. The second-order valence-electron chi connectivity index (χ2n) is 7.62. The van der Waals surface area contributed by atoms with E-state index in [1.807, 2.05) is 79.3 Å². The quantitative estimate of drug-likeness (QED) is 0.596. The van der Waals surface area contributed by atoms with Gasteiger partial charge in [-0.15, -0.1) is 0 Å². The van der Waals surface area contributed by atoms with E-state index >= 15 is 0 Å². The summed E-state index contributed by atoms with van der Waals surface area (Å²) in [6, 6.07) is 15.8. The molecule has 0 spiro atoms. The third kappa shape index (κ3) is 4.15. The van der Waals surface area contributed by atoms with E-state index in [9.17, 15) is 4.79 Å². The van der Waals surface area contributed by atoms with E-state index in [0.717, 1.165) is 22.6 Å². The SMILES string of the molecule is CCOc1ccccc1CN1CC(c2noc(-c3ccc(N(C)C)cc3)n2)CC1=O. The fourth-order valence-electron chi connectivity index (χ4n) is 3.65. The number of ether oxygens (including phenoxy) is 1. The molecule has 4 rings (SSSR count). The van der Waals surface area contributed by atoms with Crippen molar-refractivity contribution in [1.29, 1.82) is 0 Å². The molecule has 1 aromatic heterocycles. The van der Waals surface area contributed by atoms with Crippen molar-refractivity contribution in [3.8, 4) is 17.2 Å². The minimum Gasteiger partial charge on any atom is -0.494 e. The van der Waals surface area contributed by atoms with Gasteiger partial charge in [-0.05, 0) is 37.3 Å². The van der Waals surface area contributed by atoms with Crippen LogP contribution in [0.3, 0.4) is 0 Å². The number of rotatable bonds is 7. The minimum atomic E-state index is -0.0738. The number of hydrogen-bond acceptors (Lipinski definition) is 6. The Labute approximate surface area is 176 Å². The molecule has 0 saturated carbocycles. The second kappa shape index (κ2) is 8.57. The predicted molar refractivity (Wildman–Crippen MR) is 114 cm³/mol. The number of benzene rings is 2. The van der Waals surface area contributed by atoms with Gasteiger partial charge in [0.2, 0.25) is 5.91 Å². The van der Waals surface area contributed by atoms with Crippen LogP contribution in [0.25, 0.3) is 11.5 Å². The maximum atomic E-state index is 12.6. The van der Waals surface area contributed by atoms with Gasteiger partial charge in [-0.25, -0.2) is 0 Å². The van der Waals surface area contributed by atoms with Crippen molar-refractivity contribution >= 4 is 11.6 Å². The zero-order valence-electron chi connectivity index (χ0n) is 17.5. The first-order chi connectivity index (χ1) is 14.5. The molecule has 3 aromatic rings. The monoisotopic (exact) mass is 406 g/mol. The van der Waals surface area contributed by atoms with Crippen LogP contribution >= 0.6 is 0 Å². The van der Waals surface area contributed by atoms with Crippen LogP contribution in [-0.2, 0) is 11.3 Å². The van der Waals surface area contributed by atoms with Gasteiger partial charge < -0.3 is 19.1 Å². The fraction of sp³-hybridized carbons (Fsp3) is 0.348. The van der Waals surface area contributed by atoms with Gasteiger partial charge in [-0.3, -0.25) is 4.79 Å². The highest BCUT2D eigenvalue weighted by Gasteiger charge is 2.34. The standard InChI is InChI=1S/C23H26N4O3/c1-4-29-20-8-6-5-7-17(20)14-27-15-18(13-21(27)28)22-24-23(30-25-22)16-9-11-19(12-10-16)26(2)3/h5-12,18H,4,13-15H2,1-3H3. The average molecular weight is 406 g/mol. The Morgan fingerprint density at radius 1 is 1.17 bits per heavy atom. The molecule has 0 N–H and O–H groups in total. The van der Waals surface area contributed by atoms with E-state index in [2.05, 4.69) is 10.1 Å². The van der Waals surface area contributed by atoms with Crippen LogP contribution in [-0.4, -0.2) is 48.2 Å². The maximum Gasteiger partial charge on any atom is 0.257 e. The van der Waals surface area contributed by atoms with Crippen molar-refractivity contribution in [2.24, 2.45) is 0 Å². The van der Waals surface area contributed by atoms with Crippen molar-refractivity contribution in [1.82, 2.24) is 15.0 Å². The normalized spacial score (nSPS) is 16.2. The largest absolute Gasteiger partial charge is 0.494 e. The highest BCUT2D eigenvalue weighted by Crippen LogP contribution is 2.31. The Hall–Kier alpha value is -3.35. The summed E-state index contributed by atoms with van der Waals surface area (Å²) >= 11 is 0. The highest BCUT2D eigenvalue weighted by molar-refractivity contribution is 5.79. The lowest BCUT2D eigenvalue weighted by atomic mass is 10.1. The molecule has 0 aliphatic carbocycles. The number of anilines is 1. The maximum absolute atomic E-state index is 12.6. The first-order valence-electron chi connectivity index (χ1n) is 10.1. The highest BCUT2D eigenvalue weighted by atomic mass is 16.5. The number of carbonyl (C=O) groups excluding carboxylic acids is 1. The Kier molecular flexibility index (Phi) is 5.70. The van der Waals surface area contributed by atoms with Gasteiger partial charge in [0.15, 0.2) is 5.82 Å². The summed E-state index contributed by atoms with van der Waals surface area (Å²) in [5.74, 6) is 1.89. The Bertz CT molecular complexity index is 1010. The molecule has 7 nitrogen and oxygen atoms in total. The molecule has 1 aliphatic rings. The molecular weight excluding hydrogens is 380 g/mol. The average Bonchev–Trinajstić information content (AvgIpc) is 3.37. The Morgan fingerprint density at radius 3 is 2.67 bits per heavy atom. The molecule has 1 atom stereocenters. The molecule has 2 heterocycles. The van der Waals surface area contributed by atoms with Crippen LogP contribution in [0.5, 0.6) is 5.75 Å². The molecule has 156 valence electrons. The zero-order valence-corrected chi connectivity index (χ0v) is 17.5. The Balaban J connectivity index is 1.46. The first kappa shape index (κ1) is 19.9. The van der Waals surface area contributed by atoms with E-state index in [1.165, 1.54) is 0 Å². The number of nitrogens with zero attached hydrogens (tertiary/aromatic N) is 4. The predicted octanol–water partition coefficient (Wildman–Crippen LogP) is 3.72. The summed E-state index contributed by atoms with van der Waals surface area (Å²) in [5.41, 5.74) is 2.97. The fourth-order valence-corrected chi connectivity index (χ4v) is 3.65. The summed E-state index contributed by atoms with van der Waals surface area (Å²) in [7, 11) is 3.99. The topological polar surface area (TPSA) is 71.7 Å². The molecule has 1 fully saturated rings. The summed E-state index contributed by atoms with van der Waals surface area (Å²) in [6.07, 6.45) is 0.384. The van der Waals surface area contributed by atoms with Crippen LogP contribution in [0.4, 0.5) is 5.69 Å². The van der Waals surface area contributed by atoms with Gasteiger partial charge in [0.1, 0.15) is 5.75 Å². The van der Waals surface area contributed by atoms with Crippen molar-refractivity contribution in [2.75, 3.05) is 32.1 Å². The van der Waals surface area contributed by atoms with Crippen molar-refractivity contribution < 1.29 is 14.1 Å². The van der Waals surface area contributed by atoms with E-state index in [4.69, 9.17) is 9.26 Å². The second-order valence-corrected chi connectivity index (χ2v) is 7.62. The molecule has 30 heavy (non-hydrogen) atoms.